The van der Waals surface area contributed by atoms with Gasteiger partial charge in [-0.3, -0.25) is 34.1 Å². The summed E-state index contributed by atoms with van der Waals surface area (Å²) in [6.07, 6.45) is 6.70. The normalized spacial score (nSPS) is 18.6. The molecule has 1 aromatic rings. The maximum Gasteiger partial charge on any atom is 0.317 e. The van der Waals surface area contributed by atoms with Crippen LogP contribution in [-0.4, -0.2) is 113 Å². The van der Waals surface area contributed by atoms with E-state index in [1.54, 1.807) is 21.9 Å². The van der Waals surface area contributed by atoms with Crippen molar-refractivity contribution < 1.29 is 34.1 Å². The molecule has 3 N–H and O–H groups in total. The third-order valence-corrected chi connectivity index (χ3v) is 6.94. The minimum atomic E-state index is -1.01. The molecule has 210 valence electrons. The monoisotopic (exact) mass is 533 g/mol. The second-order valence-corrected chi connectivity index (χ2v) is 10.0. The molecule has 2 heterocycles. The molecule has 0 spiro atoms. The molecule has 1 aromatic heterocycles. The second-order valence-electron chi connectivity index (χ2n) is 10.0. The average Bonchev–Trinajstić information content (AvgIpc) is 2.88. The predicted octanol–water partition coefficient (Wildman–Crippen LogP) is 0.445. The maximum absolute atomic E-state index is 12.5. The summed E-state index contributed by atoms with van der Waals surface area (Å²) in [5.41, 5.74) is 1.15. The number of hydrogen-bond acceptors (Lipinski definition) is 9. The fourth-order valence-corrected chi connectivity index (χ4v) is 4.92. The van der Waals surface area contributed by atoms with Gasteiger partial charge in [-0.05, 0) is 30.9 Å². The van der Waals surface area contributed by atoms with Gasteiger partial charge in [-0.15, -0.1) is 0 Å². The minimum absolute atomic E-state index is 0.147. The summed E-state index contributed by atoms with van der Waals surface area (Å²) in [5.74, 6) is -1.32. The van der Waals surface area contributed by atoms with E-state index in [4.69, 9.17) is 9.72 Å². The molecule has 0 radical (unpaired) electrons. The summed E-state index contributed by atoms with van der Waals surface area (Å²) in [6.45, 7) is 2.15. The standard InChI is InChI=1S/C26H39N5O7/c32-13-12-30-9-8-29(17-25(34)35)10-11-31(18-26(36)37)16-22-23(7-6-21(15-30)28-22)38-19-24(33)27-14-20-4-2-1-3-5-20/h6-7,13,20H,1-5,8-12,14-19H2,(H,27,33)(H,34,35)(H,36,37). The molecule has 0 atom stereocenters. The van der Waals surface area contributed by atoms with E-state index in [2.05, 4.69) is 5.32 Å². The van der Waals surface area contributed by atoms with Crippen LogP contribution in [0.15, 0.2) is 12.1 Å². The predicted molar refractivity (Wildman–Crippen MR) is 138 cm³/mol. The number of aldehydes is 1. The van der Waals surface area contributed by atoms with Gasteiger partial charge in [-0.25, -0.2) is 0 Å². The quantitative estimate of drug-likeness (QED) is 0.340. The molecule has 1 saturated carbocycles. The van der Waals surface area contributed by atoms with Crippen molar-refractivity contribution in [3.63, 3.8) is 0 Å². The first kappa shape index (κ1) is 29.5. The van der Waals surface area contributed by atoms with Crippen molar-refractivity contribution in [3.8, 4) is 5.75 Å². The van der Waals surface area contributed by atoms with Gasteiger partial charge in [-0.1, -0.05) is 19.3 Å². The Labute approximate surface area is 222 Å². The number of rotatable bonds is 11. The van der Waals surface area contributed by atoms with Gasteiger partial charge >= 0.3 is 11.9 Å². The lowest BCUT2D eigenvalue weighted by molar-refractivity contribution is -0.140. The summed E-state index contributed by atoms with van der Waals surface area (Å²) in [4.78, 5) is 56.6. The molecular weight excluding hydrogens is 494 g/mol. The number of amides is 1. The Hall–Kier alpha value is -3.09. The lowest BCUT2D eigenvalue weighted by Crippen LogP contribution is -2.43. The second kappa shape index (κ2) is 15.4. The third kappa shape index (κ3) is 10.3. The Morgan fingerprint density at radius 3 is 2.29 bits per heavy atom. The number of aliphatic carboxylic acids is 2. The van der Waals surface area contributed by atoms with Crippen LogP contribution in [0.5, 0.6) is 5.75 Å². The molecule has 38 heavy (non-hydrogen) atoms. The molecule has 3 rings (SSSR count). The van der Waals surface area contributed by atoms with Crippen LogP contribution in [0.1, 0.15) is 43.5 Å². The Kier molecular flexibility index (Phi) is 11.9. The molecule has 1 amide bonds. The number of nitrogens with zero attached hydrogens (tertiary/aromatic N) is 4. The molecular formula is C26H39N5O7. The van der Waals surface area contributed by atoms with Crippen LogP contribution >= 0.6 is 0 Å². The number of carboxylic acid groups (broad SMARTS) is 2. The van der Waals surface area contributed by atoms with E-state index in [-0.39, 0.29) is 38.7 Å². The smallest absolute Gasteiger partial charge is 0.317 e. The van der Waals surface area contributed by atoms with E-state index in [0.717, 1.165) is 19.1 Å². The zero-order chi connectivity index (χ0) is 27.3. The van der Waals surface area contributed by atoms with Crippen LogP contribution in [-0.2, 0) is 32.3 Å². The SMILES string of the molecule is O=CCN1CCN(CC(=O)O)CCN(CC(=O)O)Cc2nc(ccc2OCC(=O)NCC2CCCCC2)C1. The van der Waals surface area contributed by atoms with E-state index in [1.165, 1.54) is 19.3 Å². The van der Waals surface area contributed by atoms with E-state index >= 15 is 0 Å². The Balaban J connectivity index is 1.74. The van der Waals surface area contributed by atoms with Crippen molar-refractivity contribution in [2.24, 2.45) is 5.92 Å². The maximum atomic E-state index is 12.5. The van der Waals surface area contributed by atoms with E-state index in [0.29, 0.717) is 62.3 Å². The van der Waals surface area contributed by atoms with Crippen molar-refractivity contribution in [3.05, 3.63) is 23.5 Å². The highest BCUT2D eigenvalue weighted by Gasteiger charge is 2.21. The largest absolute Gasteiger partial charge is 0.482 e. The summed E-state index contributed by atoms with van der Waals surface area (Å²) in [6, 6.07) is 3.49. The van der Waals surface area contributed by atoms with Crippen LogP contribution in [0.4, 0.5) is 0 Å². The first-order valence-corrected chi connectivity index (χ1v) is 13.2. The first-order chi connectivity index (χ1) is 18.3. The summed E-state index contributed by atoms with van der Waals surface area (Å²) in [5, 5.41) is 21.7. The van der Waals surface area contributed by atoms with Gasteiger partial charge in [0, 0.05) is 45.8 Å². The molecule has 1 aliphatic carbocycles. The number of fused-ring (bicyclic) bond motifs is 2. The number of carbonyl (C=O) groups excluding carboxylic acids is 2. The Morgan fingerprint density at radius 2 is 1.61 bits per heavy atom. The van der Waals surface area contributed by atoms with Crippen LogP contribution in [0.2, 0.25) is 0 Å². The van der Waals surface area contributed by atoms with Crippen molar-refractivity contribution in [2.45, 2.75) is 45.2 Å². The number of carbonyl (C=O) groups is 4. The third-order valence-electron chi connectivity index (χ3n) is 6.94. The van der Waals surface area contributed by atoms with Crippen LogP contribution in [0, 0.1) is 5.92 Å². The molecule has 1 aliphatic heterocycles. The van der Waals surface area contributed by atoms with Gasteiger partial charge in [-0.2, -0.15) is 0 Å². The van der Waals surface area contributed by atoms with Crippen molar-refractivity contribution >= 4 is 24.1 Å². The van der Waals surface area contributed by atoms with E-state index in [9.17, 15) is 29.4 Å². The first-order valence-electron chi connectivity index (χ1n) is 13.2. The summed E-state index contributed by atoms with van der Waals surface area (Å²) < 4.78 is 5.84. The minimum Gasteiger partial charge on any atom is -0.482 e. The topological polar surface area (TPSA) is 153 Å². The molecule has 0 aromatic carbocycles. The van der Waals surface area contributed by atoms with Gasteiger partial charge in [0.25, 0.3) is 5.91 Å². The highest BCUT2D eigenvalue weighted by molar-refractivity contribution is 5.77. The number of nitrogens with one attached hydrogen (secondary N) is 1. The number of pyridine rings is 1. The highest BCUT2D eigenvalue weighted by atomic mass is 16.5. The number of carboxylic acids is 2. The zero-order valence-corrected chi connectivity index (χ0v) is 21.8. The number of hydrogen-bond donors (Lipinski definition) is 3. The lowest BCUT2D eigenvalue weighted by atomic mass is 9.89. The van der Waals surface area contributed by atoms with Crippen LogP contribution in [0.25, 0.3) is 0 Å². The molecule has 12 heteroatoms. The van der Waals surface area contributed by atoms with Gasteiger partial charge in [0.1, 0.15) is 12.0 Å². The molecule has 0 saturated heterocycles. The zero-order valence-electron chi connectivity index (χ0n) is 21.8. The molecule has 2 aliphatic rings. The average molecular weight is 534 g/mol. The van der Waals surface area contributed by atoms with Gasteiger partial charge in [0.2, 0.25) is 0 Å². The van der Waals surface area contributed by atoms with Gasteiger partial charge in [0.15, 0.2) is 6.61 Å². The molecule has 1 fully saturated rings. The Bertz CT molecular complexity index is 954. The van der Waals surface area contributed by atoms with Crippen molar-refractivity contribution in [2.75, 3.05) is 59.0 Å². The fraction of sp³-hybridized carbons (Fsp3) is 0.654. The van der Waals surface area contributed by atoms with E-state index < -0.39 is 11.9 Å². The van der Waals surface area contributed by atoms with Crippen LogP contribution in [0.3, 0.4) is 0 Å². The van der Waals surface area contributed by atoms with Gasteiger partial charge in [0.05, 0.1) is 31.0 Å². The molecule has 2 bridgehead atoms. The molecule has 0 unspecified atom stereocenters. The van der Waals surface area contributed by atoms with Crippen molar-refractivity contribution in [1.82, 2.24) is 25.0 Å². The number of aromatic nitrogens is 1. The van der Waals surface area contributed by atoms with Crippen molar-refractivity contribution in [1.29, 1.82) is 0 Å². The number of ether oxygens (including phenoxy) is 1. The van der Waals surface area contributed by atoms with Gasteiger partial charge < -0.3 is 25.1 Å². The Morgan fingerprint density at radius 1 is 0.947 bits per heavy atom. The highest BCUT2D eigenvalue weighted by Crippen LogP contribution is 2.23. The molecule has 12 nitrogen and oxygen atoms in total. The fourth-order valence-electron chi connectivity index (χ4n) is 4.92. The van der Waals surface area contributed by atoms with E-state index in [1.807, 2.05) is 4.90 Å². The summed E-state index contributed by atoms with van der Waals surface area (Å²) >= 11 is 0. The summed E-state index contributed by atoms with van der Waals surface area (Å²) in [7, 11) is 0. The van der Waals surface area contributed by atoms with Crippen LogP contribution < -0.4 is 10.1 Å². The lowest BCUT2D eigenvalue weighted by Gasteiger charge is -2.29.